The molecule has 2 rings (SSSR count). The van der Waals surface area contributed by atoms with Gasteiger partial charge in [0.2, 0.25) is 5.09 Å². The van der Waals surface area contributed by atoms with Gasteiger partial charge < -0.3 is 9.73 Å². The topological polar surface area (TPSA) is 71.3 Å². The number of hydrogen-bond acceptors (Lipinski definition) is 4. The molecule has 17 heavy (non-hydrogen) atoms. The molecular formula is C11H18N2O3S. The summed E-state index contributed by atoms with van der Waals surface area (Å²) in [6, 6.07) is 3.25. The molecule has 5 nitrogen and oxygen atoms in total. The largest absolute Gasteiger partial charge is 0.447 e. The third kappa shape index (κ3) is 3.08. The van der Waals surface area contributed by atoms with Crippen LogP contribution < -0.4 is 10.0 Å². The van der Waals surface area contributed by atoms with Gasteiger partial charge in [-0.25, -0.2) is 13.1 Å². The van der Waals surface area contributed by atoms with Crippen LogP contribution in [0.2, 0.25) is 0 Å². The molecule has 0 radical (unpaired) electrons. The maximum atomic E-state index is 12.0. The van der Waals surface area contributed by atoms with E-state index < -0.39 is 10.0 Å². The molecule has 0 spiro atoms. The lowest BCUT2D eigenvalue weighted by Gasteiger charge is -2.10. The second-order valence-electron chi connectivity index (χ2n) is 4.35. The van der Waals surface area contributed by atoms with Crippen molar-refractivity contribution in [3.63, 3.8) is 0 Å². The first kappa shape index (κ1) is 12.6. The van der Waals surface area contributed by atoms with E-state index in [1.165, 1.54) is 6.07 Å². The van der Waals surface area contributed by atoms with Crippen molar-refractivity contribution in [3.8, 4) is 0 Å². The zero-order valence-electron chi connectivity index (χ0n) is 9.90. The third-order valence-electron chi connectivity index (χ3n) is 2.93. The highest BCUT2D eigenvalue weighted by atomic mass is 32.2. The Labute approximate surface area is 102 Å². The summed E-state index contributed by atoms with van der Waals surface area (Å²) in [6.45, 7) is 0.527. The average Bonchev–Trinajstić information content (AvgIpc) is 2.88. The van der Waals surface area contributed by atoms with E-state index >= 15 is 0 Å². The molecule has 0 atom stereocenters. The molecule has 1 fully saturated rings. The van der Waals surface area contributed by atoms with Crippen LogP contribution in [0.25, 0.3) is 0 Å². The zero-order valence-corrected chi connectivity index (χ0v) is 10.7. The highest BCUT2D eigenvalue weighted by Gasteiger charge is 2.25. The number of hydrogen-bond donors (Lipinski definition) is 2. The van der Waals surface area contributed by atoms with Gasteiger partial charge in [-0.3, -0.25) is 0 Å². The molecule has 0 saturated heterocycles. The van der Waals surface area contributed by atoms with E-state index in [4.69, 9.17) is 4.42 Å². The van der Waals surface area contributed by atoms with Crippen molar-refractivity contribution in [1.82, 2.24) is 10.0 Å². The molecule has 1 heterocycles. The number of rotatable bonds is 5. The standard InChI is InChI=1S/C11H18N2O3S/c1-12-8-10-6-7-11(16-10)17(14,15)13-9-4-2-3-5-9/h6-7,9,12-13H,2-5,8H2,1H3. The average molecular weight is 258 g/mol. The first-order valence-corrected chi connectivity index (χ1v) is 7.36. The molecule has 1 aromatic heterocycles. The number of sulfonamides is 1. The number of nitrogens with one attached hydrogen (secondary N) is 2. The van der Waals surface area contributed by atoms with Crippen molar-refractivity contribution in [2.45, 2.75) is 43.4 Å². The van der Waals surface area contributed by atoms with Crippen LogP contribution in [0.1, 0.15) is 31.4 Å². The van der Waals surface area contributed by atoms with Crippen LogP contribution in [0.4, 0.5) is 0 Å². The predicted octanol–water partition coefficient (Wildman–Crippen LogP) is 1.22. The van der Waals surface area contributed by atoms with Crippen molar-refractivity contribution >= 4 is 10.0 Å². The van der Waals surface area contributed by atoms with Crippen molar-refractivity contribution in [2.75, 3.05) is 7.05 Å². The van der Waals surface area contributed by atoms with Crippen molar-refractivity contribution in [3.05, 3.63) is 17.9 Å². The SMILES string of the molecule is CNCc1ccc(S(=O)(=O)NC2CCCC2)o1. The van der Waals surface area contributed by atoms with Crippen molar-refractivity contribution < 1.29 is 12.8 Å². The summed E-state index contributed by atoms with van der Waals surface area (Å²) in [7, 11) is -1.70. The highest BCUT2D eigenvalue weighted by molar-refractivity contribution is 7.89. The normalized spacial score (nSPS) is 17.7. The molecule has 0 unspecified atom stereocenters. The van der Waals surface area contributed by atoms with Gasteiger partial charge >= 0.3 is 0 Å². The smallest absolute Gasteiger partial charge is 0.274 e. The number of furan rings is 1. The molecule has 0 aromatic carbocycles. The molecular weight excluding hydrogens is 240 g/mol. The van der Waals surface area contributed by atoms with Gasteiger partial charge in [-0.1, -0.05) is 12.8 Å². The Balaban J connectivity index is 2.07. The Bertz CT molecular complexity index is 461. The second kappa shape index (κ2) is 5.20. The van der Waals surface area contributed by atoms with Crippen LogP contribution in [0.15, 0.2) is 21.6 Å². The first-order chi connectivity index (χ1) is 8.12. The van der Waals surface area contributed by atoms with Gasteiger partial charge in [-0.05, 0) is 32.0 Å². The Hall–Kier alpha value is -0.850. The molecule has 0 amide bonds. The van der Waals surface area contributed by atoms with E-state index in [1.807, 2.05) is 0 Å². The second-order valence-corrected chi connectivity index (χ2v) is 6.00. The van der Waals surface area contributed by atoms with Crippen LogP contribution in [0.3, 0.4) is 0 Å². The predicted molar refractivity (Wildman–Crippen MR) is 64.0 cm³/mol. The molecule has 96 valence electrons. The van der Waals surface area contributed by atoms with Crippen LogP contribution in [-0.2, 0) is 16.6 Å². The summed E-state index contributed by atoms with van der Waals surface area (Å²) < 4.78 is 31.9. The first-order valence-electron chi connectivity index (χ1n) is 5.87. The summed E-state index contributed by atoms with van der Waals surface area (Å²) in [4.78, 5) is 0. The fourth-order valence-electron chi connectivity index (χ4n) is 2.09. The molecule has 1 aliphatic carbocycles. The van der Waals surface area contributed by atoms with Crippen LogP contribution in [0.5, 0.6) is 0 Å². The zero-order chi connectivity index (χ0) is 12.3. The van der Waals surface area contributed by atoms with Crippen LogP contribution in [0, 0.1) is 0 Å². The van der Waals surface area contributed by atoms with Gasteiger partial charge in [0.25, 0.3) is 10.0 Å². The minimum Gasteiger partial charge on any atom is -0.447 e. The summed E-state index contributed by atoms with van der Waals surface area (Å²) in [6.07, 6.45) is 4.03. The minimum atomic E-state index is -3.49. The van der Waals surface area contributed by atoms with Gasteiger partial charge in [-0.15, -0.1) is 0 Å². The molecule has 0 aliphatic heterocycles. The van der Waals surface area contributed by atoms with Crippen LogP contribution in [-0.4, -0.2) is 21.5 Å². The van der Waals surface area contributed by atoms with Crippen LogP contribution >= 0.6 is 0 Å². The fraction of sp³-hybridized carbons (Fsp3) is 0.636. The maximum Gasteiger partial charge on any atom is 0.274 e. The lowest BCUT2D eigenvalue weighted by atomic mass is 10.3. The van der Waals surface area contributed by atoms with E-state index in [1.54, 1.807) is 13.1 Å². The highest BCUT2D eigenvalue weighted by Crippen LogP contribution is 2.21. The Morgan fingerprint density at radius 3 is 2.71 bits per heavy atom. The minimum absolute atomic E-state index is 0.00894. The maximum absolute atomic E-state index is 12.0. The summed E-state index contributed by atoms with van der Waals surface area (Å²) in [5.41, 5.74) is 0. The van der Waals surface area contributed by atoms with Gasteiger partial charge in [-0.2, -0.15) is 0 Å². The molecule has 1 aliphatic rings. The van der Waals surface area contributed by atoms with E-state index in [0.29, 0.717) is 12.3 Å². The molecule has 6 heteroatoms. The summed E-state index contributed by atoms with van der Waals surface area (Å²) in [5, 5.41) is 2.92. The molecule has 0 bridgehead atoms. The quantitative estimate of drug-likeness (QED) is 0.833. The Morgan fingerprint density at radius 2 is 2.06 bits per heavy atom. The summed E-state index contributed by atoms with van der Waals surface area (Å²) >= 11 is 0. The van der Waals surface area contributed by atoms with E-state index in [0.717, 1.165) is 25.7 Å². The lowest BCUT2D eigenvalue weighted by Crippen LogP contribution is -2.32. The van der Waals surface area contributed by atoms with Gasteiger partial charge in [0, 0.05) is 6.04 Å². The van der Waals surface area contributed by atoms with Gasteiger partial charge in [0.05, 0.1) is 6.54 Å². The monoisotopic (exact) mass is 258 g/mol. The lowest BCUT2D eigenvalue weighted by molar-refractivity contribution is 0.402. The Morgan fingerprint density at radius 1 is 1.35 bits per heavy atom. The Kier molecular flexibility index (Phi) is 3.86. The third-order valence-corrected chi connectivity index (χ3v) is 4.32. The molecule has 1 saturated carbocycles. The fourth-order valence-corrected chi connectivity index (χ4v) is 3.35. The van der Waals surface area contributed by atoms with Crippen molar-refractivity contribution in [2.24, 2.45) is 0 Å². The van der Waals surface area contributed by atoms with Crippen molar-refractivity contribution in [1.29, 1.82) is 0 Å². The summed E-state index contributed by atoms with van der Waals surface area (Å²) in [5.74, 6) is 0.624. The van der Waals surface area contributed by atoms with E-state index in [2.05, 4.69) is 10.0 Å². The van der Waals surface area contributed by atoms with E-state index in [9.17, 15) is 8.42 Å². The van der Waals surface area contributed by atoms with Gasteiger partial charge in [0.15, 0.2) is 0 Å². The van der Waals surface area contributed by atoms with Gasteiger partial charge in [0.1, 0.15) is 5.76 Å². The van der Waals surface area contributed by atoms with E-state index in [-0.39, 0.29) is 11.1 Å². The molecule has 1 aromatic rings. The molecule has 2 N–H and O–H groups in total.